The van der Waals surface area contributed by atoms with Crippen LogP contribution in [0, 0.1) is 0 Å². The molecule has 0 saturated carbocycles. The quantitative estimate of drug-likeness (QED) is 0.874. The molecule has 0 spiro atoms. The largest absolute Gasteiger partial charge is 0.406 e. The Labute approximate surface area is 103 Å². The van der Waals surface area contributed by atoms with Gasteiger partial charge in [-0.3, -0.25) is 0 Å². The van der Waals surface area contributed by atoms with Crippen molar-refractivity contribution in [2.24, 2.45) is 0 Å². The normalized spacial score (nSPS) is 19.8. The van der Waals surface area contributed by atoms with Crippen LogP contribution in [0.15, 0.2) is 4.42 Å². The third kappa shape index (κ3) is 3.19. The van der Waals surface area contributed by atoms with Crippen LogP contribution in [0.2, 0.25) is 0 Å². The molecule has 1 aliphatic heterocycles. The molecule has 96 valence electrons. The van der Waals surface area contributed by atoms with Crippen molar-refractivity contribution in [2.45, 2.75) is 45.1 Å². The Hall–Kier alpha value is -1.10. The Morgan fingerprint density at radius 2 is 1.76 bits per heavy atom. The second kappa shape index (κ2) is 6.00. The van der Waals surface area contributed by atoms with E-state index in [4.69, 9.17) is 4.42 Å². The highest BCUT2D eigenvalue weighted by atomic mass is 16.4. The maximum Gasteiger partial charge on any atom is 0.318 e. The van der Waals surface area contributed by atoms with Crippen LogP contribution in [0.3, 0.4) is 0 Å². The highest BCUT2D eigenvalue weighted by molar-refractivity contribution is 5.24. The molecular weight excluding hydrogens is 216 g/mol. The summed E-state index contributed by atoms with van der Waals surface area (Å²) in [6.45, 7) is 4.09. The lowest BCUT2D eigenvalue weighted by Gasteiger charge is -2.22. The van der Waals surface area contributed by atoms with Crippen molar-refractivity contribution in [3.05, 3.63) is 5.89 Å². The number of rotatable bonds is 3. The van der Waals surface area contributed by atoms with Crippen molar-refractivity contribution >= 4 is 6.01 Å². The monoisotopic (exact) mass is 238 g/mol. The van der Waals surface area contributed by atoms with Crippen LogP contribution in [-0.4, -0.2) is 30.3 Å². The van der Waals surface area contributed by atoms with Crippen molar-refractivity contribution in [3.63, 3.8) is 0 Å². The molecule has 1 aromatic heterocycles. The van der Waals surface area contributed by atoms with Crippen molar-refractivity contribution in [3.8, 4) is 0 Å². The molecule has 2 heterocycles. The molecular formula is C12H22N4O. The fourth-order valence-electron chi connectivity index (χ4n) is 2.09. The summed E-state index contributed by atoms with van der Waals surface area (Å²) in [5.41, 5.74) is 0. The summed E-state index contributed by atoms with van der Waals surface area (Å²) in [5, 5.41) is 11.4. The summed E-state index contributed by atoms with van der Waals surface area (Å²) in [4.78, 5) is 2.22. The molecule has 1 N–H and O–H groups in total. The predicted molar refractivity (Wildman–Crippen MR) is 67.1 cm³/mol. The Morgan fingerprint density at radius 3 is 2.41 bits per heavy atom. The zero-order chi connectivity index (χ0) is 12.1. The fourth-order valence-corrected chi connectivity index (χ4v) is 2.09. The lowest BCUT2D eigenvalue weighted by Crippen LogP contribution is -2.27. The standard InChI is InChI=1S/C12H22N4O/c1-10(13-2)11-14-15-12(17-11)16-8-6-4-3-5-7-9-16/h10,13H,3-9H2,1-2H3. The molecule has 1 aromatic rings. The van der Waals surface area contributed by atoms with E-state index in [1.54, 1.807) is 0 Å². The van der Waals surface area contributed by atoms with Gasteiger partial charge in [-0.15, -0.1) is 5.10 Å². The Balaban J connectivity index is 2.01. The smallest absolute Gasteiger partial charge is 0.318 e. The van der Waals surface area contributed by atoms with E-state index in [0.29, 0.717) is 11.9 Å². The second-order valence-electron chi connectivity index (χ2n) is 4.69. The number of hydrogen-bond donors (Lipinski definition) is 1. The number of nitrogens with one attached hydrogen (secondary N) is 1. The minimum Gasteiger partial charge on any atom is -0.406 e. The van der Waals surface area contributed by atoms with Crippen LogP contribution in [0.4, 0.5) is 6.01 Å². The molecule has 0 aliphatic carbocycles. The SMILES string of the molecule is CNC(C)c1nnc(N2CCCCCCC2)o1. The van der Waals surface area contributed by atoms with Gasteiger partial charge in [-0.25, -0.2) is 0 Å². The zero-order valence-electron chi connectivity index (χ0n) is 10.8. The molecule has 0 aromatic carbocycles. The van der Waals surface area contributed by atoms with E-state index in [2.05, 4.69) is 20.4 Å². The average Bonchev–Trinajstić information content (AvgIpc) is 2.77. The van der Waals surface area contributed by atoms with Gasteiger partial charge in [0.2, 0.25) is 5.89 Å². The third-order valence-corrected chi connectivity index (χ3v) is 3.36. The average molecular weight is 238 g/mol. The van der Waals surface area contributed by atoms with Crippen LogP contribution in [0.1, 0.15) is 51.0 Å². The van der Waals surface area contributed by atoms with Crippen LogP contribution in [-0.2, 0) is 0 Å². The van der Waals surface area contributed by atoms with Gasteiger partial charge in [-0.2, -0.15) is 0 Å². The lowest BCUT2D eigenvalue weighted by atomic mass is 10.1. The van der Waals surface area contributed by atoms with Crippen LogP contribution < -0.4 is 10.2 Å². The molecule has 0 bridgehead atoms. The fraction of sp³-hybridized carbons (Fsp3) is 0.833. The van der Waals surface area contributed by atoms with Gasteiger partial charge in [0.25, 0.3) is 0 Å². The van der Waals surface area contributed by atoms with Gasteiger partial charge >= 0.3 is 6.01 Å². The summed E-state index contributed by atoms with van der Waals surface area (Å²) in [7, 11) is 1.89. The van der Waals surface area contributed by atoms with Crippen molar-refractivity contribution in [2.75, 3.05) is 25.0 Å². The minimum absolute atomic E-state index is 0.117. The Bertz CT molecular complexity index is 331. The third-order valence-electron chi connectivity index (χ3n) is 3.36. The highest BCUT2D eigenvalue weighted by Gasteiger charge is 2.17. The van der Waals surface area contributed by atoms with Gasteiger partial charge in [-0.05, 0) is 26.8 Å². The van der Waals surface area contributed by atoms with Crippen molar-refractivity contribution in [1.82, 2.24) is 15.5 Å². The molecule has 1 saturated heterocycles. The van der Waals surface area contributed by atoms with E-state index in [-0.39, 0.29) is 6.04 Å². The molecule has 1 atom stereocenters. The van der Waals surface area contributed by atoms with Gasteiger partial charge in [0, 0.05) is 13.1 Å². The molecule has 0 amide bonds. The molecule has 1 aliphatic rings. The zero-order valence-corrected chi connectivity index (χ0v) is 10.8. The number of aromatic nitrogens is 2. The van der Waals surface area contributed by atoms with Gasteiger partial charge < -0.3 is 14.6 Å². The molecule has 17 heavy (non-hydrogen) atoms. The predicted octanol–water partition coefficient (Wildman–Crippen LogP) is 2.12. The van der Waals surface area contributed by atoms with E-state index >= 15 is 0 Å². The van der Waals surface area contributed by atoms with Crippen molar-refractivity contribution in [1.29, 1.82) is 0 Å². The Kier molecular flexibility index (Phi) is 4.36. The molecule has 1 unspecified atom stereocenters. The minimum atomic E-state index is 0.117. The number of hydrogen-bond acceptors (Lipinski definition) is 5. The van der Waals surface area contributed by atoms with E-state index < -0.39 is 0 Å². The second-order valence-corrected chi connectivity index (χ2v) is 4.69. The summed E-state index contributed by atoms with van der Waals surface area (Å²) < 4.78 is 5.71. The Morgan fingerprint density at radius 1 is 1.12 bits per heavy atom. The van der Waals surface area contributed by atoms with Gasteiger partial charge in [0.15, 0.2) is 0 Å². The summed E-state index contributed by atoms with van der Waals surface area (Å²) in [6, 6.07) is 0.801. The molecule has 0 radical (unpaired) electrons. The molecule has 2 rings (SSSR count). The lowest BCUT2D eigenvalue weighted by molar-refractivity contribution is 0.422. The van der Waals surface area contributed by atoms with Crippen LogP contribution in [0.5, 0.6) is 0 Å². The first kappa shape index (κ1) is 12.4. The first-order valence-electron chi connectivity index (χ1n) is 6.57. The molecule has 5 nitrogen and oxygen atoms in total. The van der Waals surface area contributed by atoms with Crippen LogP contribution >= 0.6 is 0 Å². The maximum atomic E-state index is 5.71. The van der Waals surface area contributed by atoms with E-state index in [9.17, 15) is 0 Å². The highest BCUT2D eigenvalue weighted by Crippen LogP contribution is 2.20. The number of anilines is 1. The summed E-state index contributed by atoms with van der Waals surface area (Å²) in [5.74, 6) is 0.671. The molecule has 5 heteroatoms. The topological polar surface area (TPSA) is 54.2 Å². The van der Waals surface area contributed by atoms with E-state index in [0.717, 1.165) is 13.1 Å². The van der Waals surface area contributed by atoms with Crippen LogP contribution in [0.25, 0.3) is 0 Å². The van der Waals surface area contributed by atoms with Gasteiger partial charge in [-0.1, -0.05) is 24.4 Å². The molecule has 1 fully saturated rings. The summed E-state index contributed by atoms with van der Waals surface area (Å²) >= 11 is 0. The van der Waals surface area contributed by atoms with Gasteiger partial charge in [0.05, 0.1) is 6.04 Å². The van der Waals surface area contributed by atoms with Crippen molar-refractivity contribution < 1.29 is 4.42 Å². The maximum absolute atomic E-state index is 5.71. The van der Waals surface area contributed by atoms with Gasteiger partial charge in [0.1, 0.15) is 0 Å². The first-order valence-corrected chi connectivity index (χ1v) is 6.57. The van der Waals surface area contributed by atoms with E-state index in [1.165, 1.54) is 32.1 Å². The van der Waals surface area contributed by atoms with E-state index in [1.807, 2.05) is 14.0 Å². The first-order chi connectivity index (χ1) is 8.31. The number of nitrogens with zero attached hydrogens (tertiary/aromatic N) is 3. The summed E-state index contributed by atoms with van der Waals surface area (Å²) in [6.07, 6.45) is 6.42.